The summed E-state index contributed by atoms with van der Waals surface area (Å²) in [5, 5.41) is 11.4. The van der Waals surface area contributed by atoms with E-state index >= 15 is 0 Å². The van der Waals surface area contributed by atoms with Crippen LogP contribution in [-0.2, 0) is 0 Å². The number of nitro groups is 1. The molecule has 1 unspecified atom stereocenters. The average Bonchev–Trinajstić information content (AvgIpc) is 2.97. The molecule has 0 amide bonds. The lowest BCUT2D eigenvalue weighted by atomic mass is 10.1. The van der Waals surface area contributed by atoms with Gasteiger partial charge in [-0.25, -0.2) is 0 Å². The van der Waals surface area contributed by atoms with Crippen LogP contribution in [-0.4, -0.2) is 17.8 Å². The molecule has 1 atom stereocenters. The Morgan fingerprint density at radius 2 is 1.81 bits per heavy atom. The topological polar surface area (TPSA) is 58.7 Å². The Kier molecular flexibility index (Phi) is 3.58. The van der Waals surface area contributed by atoms with E-state index in [0.29, 0.717) is 11.6 Å². The monoisotopic (exact) mass is 301 g/mol. The fourth-order valence-electron chi connectivity index (χ4n) is 2.35. The molecule has 1 aliphatic heterocycles. The van der Waals surface area contributed by atoms with Gasteiger partial charge in [-0.1, -0.05) is 23.7 Å². The molecule has 1 heterocycles. The molecule has 0 radical (unpaired) electrons. The Bertz CT molecular complexity index is 683. The van der Waals surface area contributed by atoms with Gasteiger partial charge in [0.1, 0.15) is 0 Å². The summed E-state index contributed by atoms with van der Waals surface area (Å²) >= 11 is 5.90. The van der Waals surface area contributed by atoms with Crippen molar-refractivity contribution < 1.29 is 4.92 Å². The number of rotatable bonds is 3. The van der Waals surface area contributed by atoms with Crippen LogP contribution in [0.4, 0.5) is 11.4 Å². The molecule has 0 aliphatic carbocycles. The predicted molar refractivity (Wildman–Crippen MR) is 83.1 cm³/mol. The fraction of sp³-hybridized carbons (Fsp3) is 0.133. The van der Waals surface area contributed by atoms with Gasteiger partial charge in [0.25, 0.3) is 5.69 Å². The van der Waals surface area contributed by atoms with Gasteiger partial charge in [-0.3, -0.25) is 15.1 Å². The number of benzene rings is 2. The van der Waals surface area contributed by atoms with Gasteiger partial charge in [0, 0.05) is 22.8 Å². The van der Waals surface area contributed by atoms with Gasteiger partial charge in [0.2, 0.25) is 0 Å². The quantitative estimate of drug-likeness (QED) is 0.639. The van der Waals surface area contributed by atoms with Crippen molar-refractivity contribution >= 4 is 29.3 Å². The van der Waals surface area contributed by atoms with Crippen LogP contribution in [0.5, 0.6) is 0 Å². The van der Waals surface area contributed by atoms with Crippen LogP contribution in [0, 0.1) is 10.1 Å². The minimum atomic E-state index is -0.397. The molecule has 2 aromatic rings. The third kappa shape index (κ3) is 2.73. The minimum absolute atomic E-state index is 0.0481. The van der Waals surface area contributed by atoms with E-state index in [2.05, 4.69) is 4.99 Å². The van der Waals surface area contributed by atoms with Gasteiger partial charge in [0.05, 0.1) is 23.8 Å². The first-order chi connectivity index (χ1) is 10.1. The van der Waals surface area contributed by atoms with Crippen molar-refractivity contribution in [3.05, 3.63) is 69.2 Å². The van der Waals surface area contributed by atoms with Gasteiger partial charge >= 0.3 is 0 Å². The first-order valence-electron chi connectivity index (χ1n) is 6.43. The Morgan fingerprint density at radius 3 is 2.43 bits per heavy atom. The highest BCUT2D eigenvalue weighted by Crippen LogP contribution is 2.31. The molecule has 1 aliphatic rings. The maximum atomic E-state index is 10.7. The second kappa shape index (κ2) is 5.54. The van der Waals surface area contributed by atoms with E-state index in [-0.39, 0.29) is 11.7 Å². The number of non-ortho nitro benzene ring substituents is 1. The number of nitro benzene ring substituents is 1. The smallest absolute Gasteiger partial charge is 0.269 e. The lowest BCUT2D eigenvalue weighted by molar-refractivity contribution is -0.384. The summed E-state index contributed by atoms with van der Waals surface area (Å²) in [5.41, 5.74) is 2.08. The molecule has 0 saturated carbocycles. The minimum Gasteiger partial charge on any atom is -0.323 e. The van der Waals surface area contributed by atoms with E-state index in [1.54, 1.807) is 18.5 Å². The van der Waals surface area contributed by atoms with Crippen molar-refractivity contribution in [2.75, 3.05) is 11.4 Å². The SMILES string of the molecule is O=[N+]([O-])c1ccc(C2CN=CN2c2ccc(Cl)cc2)cc1. The molecule has 2 aromatic carbocycles. The van der Waals surface area contributed by atoms with E-state index in [9.17, 15) is 10.1 Å². The van der Waals surface area contributed by atoms with Gasteiger partial charge in [0.15, 0.2) is 0 Å². The molecule has 21 heavy (non-hydrogen) atoms. The van der Waals surface area contributed by atoms with E-state index < -0.39 is 4.92 Å². The first-order valence-corrected chi connectivity index (χ1v) is 6.81. The van der Waals surface area contributed by atoms with Crippen LogP contribution in [0.1, 0.15) is 11.6 Å². The number of halogens is 1. The zero-order chi connectivity index (χ0) is 14.8. The van der Waals surface area contributed by atoms with Gasteiger partial charge < -0.3 is 4.90 Å². The number of nitrogens with zero attached hydrogens (tertiary/aromatic N) is 3. The molecule has 0 N–H and O–H groups in total. The third-order valence-corrected chi connectivity index (χ3v) is 3.69. The standard InChI is InChI=1S/C15H12ClN3O2/c16-12-3-7-13(8-4-12)18-10-17-9-15(18)11-1-5-14(6-2-11)19(20)21/h1-8,10,15H,9H2. The molecule has 3 rings (SSSR count). The predicted octanol–water partition coefficient (Wildman–Crippen LogP) is 3.84. The van der Waals surface area contributed by atoms with E-state index in [1.165, 1.54) is 12.1 Å². The molecule has 0 spiro atoms. The molecule has 6 heteroatoms. The number of aliphatic imine (C=N–C) groups is 1. The average molecular weight is 302 g/mol. The van der Waals surface area contributed by atoms with Crippen molar-refractivity contribution in [2.24, 2.45) is 4.99 Å². The largest absolute Gasteiger partial charge is 0.323 e. The summed E-state index contributed by atoms with van der Waals surface area (Å²) in [6, 6.07) is 14.2. The zero-order valence-electron chi connectivity index (χ0n) is 11.0. The number of hydrogen-bond acceptors (Lipinski definition) is 4. The first kappa shape index (κ1) is 13.6. The lowest BCUT2D eigenvalue weighted by Gasteiger charge is -2.24. The molecule has 0 bridgehead atoms. The maximum Gasteiger partial charge on any atom is 0.269 e. The van der Waals surface area contributed by atoms with Crippen LogP contribution in [0.15, 0.2) is 53.5 Å². The van der Waals surface area contributed by atoms with E-state index in [1.807, 2.05) is 29.2 Å². The summed E-state index contributed by atoms with van der Waals surface area (Å²) in [6.07, 6.45) is 1.79. The Labute approximate surface area is 126 Å². The Balaban J connectivity index is 1.87. The Hall–Kier alpha value is -2.40. The normalized spacial score (nSPS) is 17.2. The van der Waals surface area contributed by atoms with Crippen LogP contribution < -0.4 is 4.90 Å². The van der Waals surface area contributed by atoms with Gasteiger partial charge in [-0.2, -0.15) is 0 Å². The molecule has 0 saturated heterocycles. The van der Waals surface area contributed by atoms with Crippen LogP contribution in [0.2, 0.25) is 5.02 Å². The molecule has 0 aromatic heterocycles. The van der Waals surface area contributed by atoms with Gasteiger partial charge in [-0.05, 0) is 29.8 Å². The van der Waals surface area contributed by atoms with Crippen molar-refractivity contribution in [3.63, 3.8) is 0 Å². The molecular formula is C15H12ClN3O2. The second-order valence-electron chi connectivity index (χ2n) is 4.73. The summed E-state index contributed by atoms with van der Waals surface area (Å²) in [7, 11) is 0. The highest BCUT2D eigenvalue weighted by Gasteiger charge is 2.24. The Morgan fingerprint density at radius 1 is 1.14 bits per heavy atom. The molecule has 5 nitrogen and oxygen atoms in total. The van der Waals surface area contributed by atoms with Crippen molar-refractivity contribution in [3.8, 4) is 0 Å². The molecule has 0 fully saturated rings. The number of hydrogen-bond donors (Lipinski definition) is 0. The van der Waals surface area contributed by atoms with Crippen molar-refractivity contribution in [1.29, 1.82) is 0 Å². The van der Waals surface area contributed by atoms with E-state index in [0.717, 1.165) is 11.3 Å². The fourth-order valence-corrected chi connectivity index (χ4v) is 2.47. The summed E-state index contributed by atoms with van der Waals surface area (Å²) < 4.78 is 0. The second-order valence-corrected chi connectivity index (χ2v) is 5.17. The molecule has 106 valence electrons. The van der Waals surface area contributed by atoms with Crippen LogP contribution in [0.25, 0.3) is 0 Å². The van der Waals surface area contributed by atoms with Gasteiger partial charge in [-0.15, -0.1) is 0 Å². The van der Waals surface area contributed by atoms with Crippen molar-refractivity contribution in [1.82, 2.24) is 0 Å². The zero-order valence-corrected chi connectivity index (χ0v) is 11.8. The maximum absolute atomic E-state index is 10.7. The number of anilines is 1. The highest BCUT2D eigenvalue weighted by atomic mass is 35.5. The highest BCUT2D eigenvalue weighted by molar-refractivity contribution is 6.30. The lowest BCUT2D eigenvalue weighted by Crippen LogP contribution is -2.23. The summed E-state index contributed by atoms with van der Waals surface area (Å²) in [5.74, 6) is 0. The van der Waals surface area contributed by atoms with Crippen LogP contribution >= 0.6 is 11.6 Å². The summed E-state index contributed by atoms with van der Waals surface area (Å²) in [6.45, 7) is 0.625. The van der Waals surface area contributed by atoms with E-state index in [4.69, 9.17) is 11.6 Å². The van der Waals surface area contributed by atoms with Crippen LogP contribution in [0.3, 0.4) is 0 Å². The summed E-state index contributed by atoms with van der Waals surface area (Å²) in [4.78, 5) is 16.7. The molecular weight excluding hydrogens is 290 g/mol. The third-order valence-electron chi connectivity index (χ3n) is 3.43. The van der Waals surface area contributed by atoms with Crippen molar-refractivity contribution in [2.45, 2.75) is 6.04 Å².